The van der Waals surface area contributed by atoms with Crippen molar-refractivity contribution in [2.24, 2.45) is 5.92 Å². The average molecular weight is 263 g/mol. The van der Waals surface area contributed by atoms with Crippen LogP contribution in [-0.2, 0) is 6.42 Å². The lowest BCUT2D eigenvalue weighted by Gasteiger charge is -2.26. The largest absolute Gasteiger partial charge is 0.474 e. The van der Waals surface area contributed by atoms with Crippen molar-refractivity contribution >= 4 is 5.82 Å². The third-order valence-electron chi connectivity index (χ3n) is 3.67. The number of hydrogen-bond acceptors (Lipinski definition) is 4. The first-order valence-electron chi connectivity index (χ1n) is 7.49. The molecule has 4 heteroatoms. The maximum Gasteiger partial charge on any atom is 0.218 e. The summed E-state index contributed by atoms with van der Waals surface area (Å²) < 4.78 is 6.04. The van der Waals surface area contributed by atoms with Gasteiger partial charge in [0.05, 0.1) is 0 Å². The van der Waals surface area contributed by atoms with Crippen molar-refractivity contribution in [2.75, 3.05) is 11.9 Å². The van der Waals surface area contributed by atoms with Gasteiger partial charge < -0.3 is 10.1 Å². The molecule has 0 spiro atoms. The predicted octanol–water partition coefficient (Wildman–Crippen LogP) is 3.43. The van der Waals surface area contributed by atoms with Crippen molar-refractivity contribution in [3.05, 3.63) is 11.9 Å². The minimum absolute atomic E-state index is 0.324. The number of hydrogen-bond donors (Lipinski definition) is 1. The molecule has 0 atom stereocenters. The second-order valence-electron chi connectivity index (χ2n) is 5.39. The zero-order valence-electron chi connectivity index (χ0n) is 12.3. The Morgan fingerprint density at radius 1 is 1.21 bits per heavy atom. The molecule has 106 valence electrons. The summed E-state index contributed by atoms with van der Waals surface area (Å²) in [6.07, 6.45) is 5.96. The molecule has 0 saturated heterocycles. The highest BCUT2D eigenvalue weighted by Crippen LogP contribution is 2.27. The van der Waals surface area contributed by atoms with Crippen molar-refractivity contribution in [3.63, 3.8) is 0 Å². The van der Waals surface area contributed by atoms with Crippen LogP contribution in [0, 0.1) is 5.92 Å². The molecule has 1 aromatic heterocycles. The summed E-state index contributed by atoms with van der Waals surface area (Å²) in [6.45, 7) is 7.31. The number of nitrogens with one attached hydrogen (secondary N) is 1. The highest BCUT2D eigenvalue weighted by atomic mass is 16.5. The number of ether oxygens (including phenoxy) is 1. The van der Waals surface area contributed by atoms with Crippen LogP contribution in [0.1, 0.15) is 52.3 Å². The molecule has 1 saturated carbocycles. The van der Waals surface area contributed by atoms with Crippen LogP contribution >= 0.6 is 0 Å². The molecule has 0 aliphatic heterocycles. The summed E-state index contributed by atoms with van der Waals surface area (Å²) in [4.78, 5) is 8.92. The van der Waals surface area contributed by atoms with Gasteiger partial charge in [-0.2, -0.15) is 4.98 Å². The zero-order chi connectivity index (χ0) is 13.7. The van der Waals surface area contributed by atoms with Gasteiger partial charge >= 0.3 is 0 Å². The van der Waals surface area contributed by atoms with Gasteiger partial charge in [-0.05, 0) is 38.5 Å². The Kier molecular flexibility index (Phi) is 5.00. The van der Waals surface area contributed by atoms with Gasteiger partial charge in [0.25, 0.3) is 0 Å². The normalized spacial score (nSPS) is 23.1. The Morgan fingerprint density at radius 3 is 2.58 bits per heavy atom. The zero-order valence-corrected chi connectivity index (χ0v) is 12.3. The summed E-state index contributed by atoms with van der Waals surface area (Å²) in [7, 11) is 0. The predicted molar refractivity (Wildman–Crippen MR) is 77.6 cm³/mol. The fourth-order valence-electron chi connectivity index (χ4n) is 2.48. The van der Waals surface area contributed by atoms with Crippen LogP contribution < -0.4 is 10.1 Å². The maximum absolute atomic E-state index is 6.04. The van der Waals surface area contributed by atoms with E-state index in [-0.39, 0.29) is 0 Å². The summed E-state index contributed by atoms with van der Waals surface area (Å²) in [5, 5.41) is 3.24. The van der Waals surface area contributed by atoms with Crippen molar-refractivity contribution in [1.82, 2.24) is 9.97 Å². The minimum Gasteiger partial charge on any atom is -0.474 e. The molecule has 1 aromatic rings. The minimum atomic E-state index is 0.324. The number of nitrogens with zero attached hydrogens (tertiary/aromatic N) is 2. The quantitative estimate of drug-likeness (QED) is 0.884. The van der Waals surface area contributed by atoms with Crippen LogP contribution in [-0.4, -0.2) is 22.6 Å². The van der Waals surface area contributed by atoms with E-state index in [0.29, 0.717) is 6.10 Å². The summed E-state index contributed by atoms with van der Waals surface area (Å²) in [6, 6.07) is 1.92. The topological polar surface area (TPSA) is 47.0 Å². The van der Waals surface area contributed by atoms with Gasteiger partial charge in [0, 0.05) is 19.0 Å². The summed E-state index contributed by atoms with van der Waals surface area (Å²) in [5.41, 5.74) is 0. The van der Waals surface area contributed by atoms with Crippen molar-refractivity contribution in [3.8, 4) is 5.88 Å². The molecule has 1 N–H and O–H groups in total. The molecular weight excluding hydrogens is 238 g/mol. The van der Waals surface area contributed by atoms with Crippen molar-refractivity contribution < 1.29 is 4.74 Å². The van der Waals surface area contributed by atoms with Crippen LogP contribution in [0.5, 0.6) is 5.88 Å². The van der Waals surface area contributed by atoms with E-state index in [0.717, 1.165) is 49.2 Å². The summed E-state index contributed by atoms with van der Waals surface area (Å²) in [5.74, 6) is 3.28. The second-order valence-corrected chi connectivity index (χ2v) is 5.39. The molecule has 0 aromatic carbocycles. The molecule has 1 aliphatic rings. The van der Waals surface area contributed by atoms with Gasteiger partial charge in [0.1, 0.15) is 17.7 Å². The lowest BCUT2D eigenvalue weighted by Crippen LogP contribution is -2.23. The van der Waals surface area contributed by atoms with Gasteiger partial charge in [-0.3, -0.25) is 0 Å². The second kappa shape index (κ2) is 6.73. The Hall–Kier alpha value is -1.32. The summed E-state index contributed by atoms with van der Waals surface area (Å²) >= 11 is 0. The number of aryl methyl sites for hydroxylation is 1. The van der Waals surface area contributed by atoms with Gasteiger partial charge in [0.15, 0.2) is 0 Å². The molecule has 1 heterocycles. The van der Waals surface area contributed by atoms with E-state index in [9.17, 15) is 0 Å². The maximum atomic E-state index is 6.04. The molecule has 0 bridgehead atoms. The third-order valence-corrected chi connectivity index (χ3v) is 3.67. The fourth-order valence-corrected chi connectivity index (χ4v) is 2.48. The fraction of sp³-hybridized carbons (Fsp3) is 0.733. The number of rotatable bonds is 5. The Morgan fingerprint density at radius 2 is 1.95 bits per heavy atom. The molecule has 0 radical (unpaired) electrons. The standard InChI is InChI=1S/C15H25N3O/c1-4-13-17-14(16-5-2)10-15(18-13)19-12-8-6-11(3)7-9-12/h10-12H,4-9H2,1-3H3,(H,16,17,18). The first-order valence-corrected chi connectivity index (χ1v) is 7.49. The lowest BCUT2D eigenvalue weighted by atomic mass is 9.89. The first-order chi connectivity index (χ1) is 9.21. The molecule has 0 unspecified atom stereocenters. The molecule has 4 nitrogen and oxygen atoms in total. The van der Waals surface area contributed by atoms with Crippen LogP contribution in [0.4, 0.5) is 5.82 Å². The molecule has 2 rings (SSSR count). The van der Waals surface area contributed by atoms with Gasteiger partial charge in [0.2, 0.25) is 5.88 Å². The molecule has 1 aliphatic carbocycles. The Balaban J connectivity index is 2.04. The van der Waals surface area contributed by atoms with E-state index in [1.807, 2.05) is 6.07 Å². The van der Waals surface area contributed by atoms with Gasteiger partial charge in [-0.15, -0.1) is 0 Å². The molecule has 19 heavy (non-hydrogen) atoms. The molecular formula is C15H25N3O. The van der Waals surface area contributed by atoms with Crippen LogP contribution in [0.15, 0.2) is 6.07 Å². The first kappa shape index (κ1) is 14.1. The van der Waals surface area contributed by atoms with Crippen molar-refractivity contribution in [1.29, 1.82) is 0 Å². The smallest absolute Gasteiger partial charge is 0.218 e. The van der Waals surface area contributed by atoms with Gasteiger partial charge in [-0.25, -0.2) is 4.98 Å². The highest BCUT2D eigenvalue weighted by molar-refractivity contribution is 5.38. The highest BCUT2D eigenvalue weighted by Gasteiger charge is 2.20. The van der Waals surface area contributed by atoms with Crippen LogP contribution in [0.3, 0.4) is 0 Å². The van der Waals surface area contributed by atoms with Crippen molar-refractivity contribution in [2.45, 2.75) is 59.0 Å². The number of anilines is 1. The third kappa shape index (κ3) is 4.08. The molecule has 0 amide bonds. The van der Waals surface area contributed by atoms with E-state index in [1.165, 1.54) is 12.8 Å². The number of aromatic nitrogens is 2. The van der Waals surface area contributed by atoms with E-state index >= 15 is 0 Å². The lowest BCUT2D eigenvalue weighted by molar-refractivity contribution is 0.129. The Bertz CT molecular complexity index is 400. The SMILES string of the molecule is CCNc1cc(OC2CCC(C)CC2)nc(CC)n1. The van der Waals surface area contributed by atoms with E-state index in [4.69, 9.17) is 4.74 Å². The average Bonchev–Trinajstić information content (AvgIpc) is 2.41. The van der Waals surface area contributed by atoms with E-state index in [2.05, 4.69) is 36.1 Å². The van der Waals surface area contributed by atoms with E-state index < -0.39 is 0 Å². The van der Waals surface area contributed by atoms with Crippen LogP contribution in [0.2, 0.25) is 0 Å². The van der Waals surface area contributed by atoms with Crippen LogP contribution in [0.25, 0.3) is 0 Å². The monoisotopic (exact) mass is 263 g/mol. The Labute approximate surface area is 116 Å². The molecule has 1 fully saturated rings. The van der Waals surface area contributed by atoms with Gasteiger partial charge in [-0.1, -0.05) is 13.8 Å². The van der Waals surface area contributed by atoms with E-state index in [1.54, 1.807) is 0 Å².